The third kappa shape index (κ3) is 5.90. The number of esters is 1. The first-order chi connectivity index (χ1) is 15.3. The number of nitrogens with zero attached hydrogens (tertiary/aromatic N) is 3. The van der Waals surface area contributed by atoms with Gasteiger partial charge in [-0.25, -0.2) is 8.42 Å². The van der Waals surface area contributed by atoms with Crippen molar-refractivity contribution < 1.29 is 22.7 Å². The van der Waals surface area contributed by atoms with E-state index >= 15 is 0 Å². The molecule has 11 heteroatoms. The van der Waals surface area contributed by atoms with Gasteiger partial charge in [-0.1, -0.05) is 30.4 Å². The standard InChI is InChI=1S/C21H28N4O5S2/c1-3-6-19-23-24-21(31-19)22-14-18(26)16-7-5-8-17(13-16)32(28,29)25-11-9-15(10-12-25)20(27)30-4-2/h5,7-8,13,15H,3-4,6,9-12,14H2,1-2H3,(H,22,24). The lowest BCUT2D eigenvalue weighted by molar-refractivity contribution is -0.149. The van der Waals surface area contributed by atoms with Crippen LogP contribution in [0.2, 0.25) is 0 Å². The SMILES string of the molecule is CCCc1nnc(NCC(=O)c2cccc(S(=O)(=O)N3CCC(C(=O)OCC)CC3)c2)s1. The number of ketones is 1. The first-order valence-electron chi connectivity index (χ1n) is 10.7. The highest BCUT2D eigenvalue weighted by Gasteiger charge is 2.33. The summed E-state index contributed by atoms with van der Waals surface area (Å²) in [4.78, 5) is 24.6. The summed E-state index contributed by atoms with van der Waals surface area (Å²) in [6.45, 7) is 4.59. The predicted molar refractivity (Wildman–Crippen MR) is 121 cm³/mol. The molecule has 1 N–H and O–H groups in total. The minimum Gasteiger partial charge on any atom is -0.466 e. The summed E-state index contributed by atoms with van der Waals surface area (Å²) in [5.41, 5.74) is 0.304. The number of benzene rings is 1. The minimum absolute atomic E-state index is 0.00477. The maximum atomic E-state index is 13.1. The van der Waals surface area contributed by atoms with Crippen LogP contribution in [0.15, 0.2) is 29.2 Å². The Balaban J connectivity index is 1.62. The fourth-order valence-corrected chi connectivity index (χ4v) is 5.82. The van der Waals surface area contributed by atoms with Crippen molar-refractivity contribution >= 4 is 38.2 Å². The Morgan fingerprint density at radius 1 is 1.22 bits per heavy atom. The highest BCUT2D eigenvalue weighted by atomic mass is 32.2. The molecule has 0 atom stereocenters. The van der Waals surface area contributed by atoms with Crippen LogP contribution in [0.3, 0.4) is 0 Å². The van der Waals surface area contributed by atoms with Crippen molar-refractivity contribution in [2.45, 2.75) is 44.4 Å². The Morgan fingerprint density at radius 2 is 1.97 bits per heavy atom. The molecule has 32 heavy (non-hydrogen) atoms. The van der Waals surface area contributed by atoms with Gasteiger partial charge < -0.3 is 10.1 Å². The number of piperidine rings is 1. The second-order valence-corrected chi connectivity index (χ2v) is 10.5. The smallest absolute Gasteiger partial charge is 0.309 e. The van der Waals surface area contributed by atoms with E-state index in [-0.39, 0.29) is 42.2 Å². The van der Waals surface area contributed by atoms with Crippen molar-refractivity contribution in [1.82, 2.24) is 14.5 Å². The molecule has 9 nitrogen and oxygen atoms in total. The molecule has 1 saturated heterocycles. The molecule has 1 aliphatic rings. The van der Waals surface area contributed by atoms with Gasteiger partial charge in [-0.2, -0.15) is 4.31 Å². The summed E-state index contributed by atoms with van der Waals surface area (Å²) >= 11 is 1.40. The molecule has 0 unspecified atom stereocenters. The van der Waals surface area contributed by atoms with Crippen LogP contribution in [0.5, 0.6) is 0 Å². The molecule has 1 aliphatic heterocycles. The molecule has 0 aliphatic carbocycles. The van der Waals surface area contributed by atoms with E-state index in [0.717, 1.165) is 17.8 Å². The molecule has 0 saturated carbocycles. The summed E-state index contributed by atoms with van der Waals surface area (Å²) in [5.74, 6) is -0.796. The summed E-state index contributed by atoms with van der Waals surface area (Å²) in [7, 11) is -3.76. The molecule has 174 valence electrons. The zero-order valence-electron chi connectivity index (χ0n) is 18.2. The molecule has 1 aromatic carbocycles. The number of aromatic nitrogens is 2. The topological polar surface area (TPSA) is 119 Å². The number of ether oxygens (including phenoxy) is 1. The number of hydrogen-bond acceptors (Lipinski definition) is 9. The monoisotopic (exact) mass is 480 g/mol. The summed E-state index contributed by atoms with van der Waals surface area (Å²) in [6, 6.07) is 6.05. The molecule has 3 rings (SSSR count). The van der Waals surface area contributed by atoms with Crippen molar-refractivity contribution in [3.8, 4) is 0 Å². The van der Waals surface area contributed by atoms with Gasteiger partial charge in [0.1, 0.15) is 5.01 Å². The van der Waals surface area contributed by atoms with E-state index in [1.807, 2.05) is 0 Å². The number of Topliss-reactive ketones (excluding diaryl/α,β-unsaturated/α-hetero) is 1. The Labute approximate surface area is 192 Å². The fraction of sp³-hybridized carbons (Fsp3) is 0.524. The van der Waals surface area contributed by atoms with Crippen LogP contribution in [-0.2, 0) is 26.0 Å². The molecule has 1 aromatic heterocycles. The number of rotatable bonds is 10. The van der Waals surface area contributed by atoms with E-state index in [9.17, 15) is 18.0 Å². The zero-order valence-corrected chi connectivity index (χ0v) is 19.9. The van der Waals surface area contributed by atoms with Crippen LogP contribution >= 0.6 is 11.3 Å². The van der Waals surface area contributed by atoms with Crippen LogP contribution in [0.25, 0.3) is 0 Å². The van der Waals surface area contributed by atoms with Crippen LogP contribution in [0.1, 0.15) is 48.5 Å². The van der Waals surface area contributed by atoms with Crippen LogP contribution in [0, 0.1) is 5.92 Å². The predicted octanol–water partition coefficient (Wildman–Crippen LogP) is 2.75. The normalized spacial score (nSPS) is 15.4. The molecule has 0 spiro atoms. The van der Waals surface area contributed by atoms with Gasteiger partial charge in [0.25, 0.3) is 0 Å². The lowest BCUT2D eigenvalue weighted by atomic mass is 9.98. The number of aryl methyl sites for hydroxylation is 1. The number of anilines is 1. The molecule has 0 amide bonds. The van der Waals surface area contributed by atoms with Gasteiger partial charge in [0.15, 0.2) is 5.78 Å². The largest absolute Gasteiger partial charge is 0.466 e. The van der Waals surface area contributed by atoms with Gasteiger partial charge in [0, 0.05) is 25.1 Å². The lowest BCUT2D eigenvalue weighted by Gasteiger charge is -2.30. The number of sulfonamides is 1. The Bertz CT molecular complexity index is 1050. The van der Waals surface area contributed by atoms with Crippen molar-refractivity contribution in [2.75, 3.05) is 31.6 Å². The third-order valence-corrected chi connectivity index (χ3v) is 8.03. The van der Waals surface area contributed by atoms with Gasteiger partial charge in [-0.3, -0.25) is 9.59 Å². The Hall–Kier alpha value is -2.37. The van der Waals surface area contributed by atoms with Gasteiger partial charge in [-0.15, -0.1) is 10.2 Å². The van der Waals surface area contributed by atoms with Crippen LogP contribution in [0.4, 0.5) is 5.13 Å². The van der Waals surface area contributed by atoms with Crippen molar-refractivity contribution in [2.24, 2.45) is 5.92 Å². The Morgan fingerprint density at radius 3 is 2.66 bits per heavy atom. The minimum atomic E-state index is -3.76. The summed E-state index contributed by atoms with van der Waals surface area (Å²) < 4.78 is 32.5. The lowest BCUT2D eigenvalue weighted by Crippen LogP contribution is -2.40. The average Bonchev–Trinajstić information content (AvgIpc) is 3.25. The number of nitrogens with one attached hydrogen (secondary N) is 1. The first kappa shape index (κ1) is 24.3. The van der Waals surface area contributed by atoms with E-state index in [1.165, 1.54) is 27.8 Å². The fourth-order valence-electron chi connectivity index (χ4n) is 3.47. The van der Waals surface area contributed by atoms with Gasteiger partial charge in [0.2, 0.25) is 15.2 Å². The van der Waals surface area contributed by atoms with E-state index in [1.54, 1.807) is 19.1 Å². The van der Waals surface area contributed by atoms with Gasteiger partial charge in [-0.05, 0) is 38.3 Å². The average molecular weight is 481 g/mol. The van der Waals surface area contributed by atoms with E-state index < -0.39 is 10.0 Å². The van der Waals surface area contributed by atoms with Crippen LogP contribution in [-0.4, -0.2) is 60.9 Å². The van der Waals surface area contributed by atoms with Gasteiger partial charge in [0.05, 0.1) is 24.0 Å². The quantitative estimate of drug-likeness (QED) is 0.407. The second kappa shape index (κ2) is 11.0. The second-order valence-electron chi connectivity index (χ2n) is 7.49. The number of carbonyl (C=O) groups is 2. The molecular weight excluding hydrogens is 452 g/mol. The molecule has 0 radical (unpaired) electrons. The van der Waals surface area contributed by atoms with Gasteiger partial charge >= 0.3 is 5.97 Å². The van der Waals surface area contributed by atoms with Crippen molar-refractivity contribution in [3.63, 3.8) is 0 Å². The number of hydrogen-bond donors (Lipinski definition) is 1. The van der Waals surface area contributed by atoms with Crippen LogP contribution < -0.4 is 5.32 Å². The maximum absolute atomic E-state index is 13.1. The molecular formula is C21H28N4O5S2. The van der Waals surface area contributed by atoms with Crippen molar-refractivity contribution in [1.29, 1.82) is 0 Å². The number of carbonyl (C=O) groups excluding carboxylic acids is 2. The van der Waals surface area contributed by atoms with Crippen molar-refractivity contribution in [3.05, 3.63) is 34.8 Å². The first-order valence-corrected chi connectivity index (χ1v) is 13.0. The third-order valence-electron chi connectivity index (χ3n) is 5.20. The molecule has 0 bridgehead atoms. The highest BCUT2D eigenvalue weighted by Crippen LogP contribution is 2.25. The van der Waals surface area contributed by atoms with E-state index in [0.29, 0.717) is 30.1 Å². The maximum Gasteiger partial charge on any atom is 0.309 e. The zero-order chi connectivity index (χ0) is 23.1. The van der Waals surface area contributed by atoms with E-state index in [2.05, 4.69) is 22.4 Å². The summed E-state index contributed by atoms with van der Waals surface area (Å²) in [5, 5.41) is 12.5. The molecule has 2 aromatic rings. The highest BCUT2D eigenvalue weighted by molar-refractivity contribution is 7.89. The molecule has 2 heterocycles. The van der Waals surface area contributed by atoms with E-state index in [4.69, 9.17) is 4.74 Å². The summed E-state index contributed by atoms with van der Waals surface area (Å²) in [6.07, 6.45) is 2.64. The Kier molecular flexibility index (Phi) is 8.32. The molecule has 1 fully saturated rings.